The predicted octanol–water partition coefficient (Wildman–Crippen LogP) is 3.84. The summed E-state index contributed by atoms with van der Waals surface area (Å²) in [5, 5.41) is 0. The highest BCUT2D eigenvalue weighted by Gasteiger charge is 2.48. The lowest BCUT2D eigenvalue weighted by Crippen LogP contribution is -2.48. The van der Waals surface area contributed by atoms with Crippen molar-refractivity contribution in [3.05, 3.63) is 33.4 Å². The summed E-state index contributed by atoms with van der Waals surface area (Å²) in [6.45, 7) is 2.01. The highest BCUT2D eigenvalue weighted by molar-refractivity contribution is 14.1. The second kappa shape index (κ2) is 5.76. The monoisotopic (exact) mass is 383 g/mol. The van der Waals surface area contributed by atoms with Crippen molar-refractivity contribution < 1.29 is 4.79 Å². The van der Waals surface area contributed by atoms with E-state index in [1.165, 1.54) is 22.0 Å². The number of carbonyl (C=O) groups excluding carboxylic acids is 1. The van der Waals surface area contributed by atoms with Crippen LogP contribution in [0.4, 0.5) is 0 Å². The van der Waals surface area contributed by atoms with Gasteiger partial charge in [0.2, 0.25) is 0 Å². The van der Waals surface area contributed by atoms with E-state index in [4.69, 9.17) is 0 Å². The van der Waals surface area contributed by atoms with E-state index in [9.17, 15) is 4.79 Å². The molecule has 0 radical (unpaired) electrons. The number of benzene rings is 1. The Kier molecular flexibility index (Phi) is 4.18. The smallest absolute Gasteiger partial charge is 0.137 e. The Labute approximate surface area is 135 Å². The van der Waals surface area contributed by atoms with Crippen LogP contribution in [0.5, 0.6) is 0 Å². The highest BCUT2D eigenvalue weighted by Crippen LogP contribution is 2.46. The fraction of sp³-hybridized carbons (Fsp3) is 0.588. The molecular weight excluding hydrogens is 361 g/mol. The van der Waals surface area contributed by atoms with Gasteiger partial charge < -0.3 is 0 Å². The van der Waals surface area contributed by atoms with E-state index in [0.717, 1.165) is 6.42 Å². The zero-order valence-corrected chi connectivity index (χ0v) is 14.3. The zero-order chi connectivity index (χ0) is 14.3. The summed E-state index contributed by atoms with van der Waals surface area (Å²) < 4.78 is 1.26. The first-order chi connectivity index (χ1) is 9.61. The van der Waals surface area contributed by atoms with E-state index in [0.29, 0.717) is 30.2 Å². The fourth-order valence-electron chi connectivity index (χ4n) is 4.19. The summed E-state index contributed by atoms with van der Waals surface area (Å²) in [7, 11) is 2.21. The minimum absolute atomic E-state index is 0.198. The molecule has 1 aromatic rings. The molecule has 2 heterocycles. The fourth-order valence-corrected chi connectivity index (χ4v) is 4.55. The van der Waals surface area contributed by atoms with Crippen molar-refractivity contribution in [1.82, 2.24) is 4.90 Å². The maximum absolute atomic E-state index is 12.5. The number of hydrogen-bond donors (Lipinski definition) is 0. The number of hydrogen-bond acceptors (Lipinski definition) is 2. The molecule has 0 N–H and O–H groups in total. The number of carbonyl (C=O) groups is 1. The predicted molar refractivity (Wildman–Crippen MR) is 89.9 cm³/mol. The first-order valence-electron chi connectivity index (χ1n) is 7.62. The van der Waals surface area contributed by atoms with Gasteiger partial charge in [0.15, 0.2) is 0 Å². The average Bonchev–Trinajstić information content (AvgIpc) is 2.70. The number of halogens is 1. The van der Waals surface area contributed by atoms with Gasteiger partial charge in [-0.3, -0.25) is 9.69 Å². The SMILES string of the molecule is CCC(=O)[C@H]1[C@H](c2ccc(I)cc2)CC2CC[C@@H]1N2C. The maximum Gasteiger partial charge on any atom is 0.137 e. The van der Waals surface area contributed by atoms with Crippen LogP contribution in [0.25, 0.3) is 0 Å². The van der Waals surface area contributed by atoms with E-state index < -0.39 is 0 Å². The standard InChI is InChI=1S/C17H22INO/c1-3-16(20)17-14(11-4-6-12(18)7-5-11)10-13-8-9-15(17)19(13)2/h4-7,13-15,17H,3,8-10H2,1-2H3/t13?,14-,15-,17-/m0/s1. The second-order valence-corrected chi connectivity index (χ2v) is 7.45. The quantitative estimate of drug-likeness (QED) is 0.740. The Hall–Kier alpha value is -0.420. The molecule has 2 aliphatic rings. The number of ketones is 1. The summed E-state index contributed by atoms with van der Waals surface area (Å²) >= 11 is 2.34. The Bertz CT molecular complexity index is 498. The molecule has 2 saturated heterocycles. The lowest BCUT2D eigenvalue weighted by molar-refractivity contribution is -0.126. The summed E-state index contributed by atoms with van der Waals surface area (Å²) in [5.41, 5.74) is 1.36. The third kappa shape index (κ3) is 2.43. The normalized spacial score (nSPS) is 33.4. The molecule has 20 heavy (non-hydrogen) atoms. The largest absolute Gasteiger partial charge is 0.300 e. The molecule has 0 aliphatic carbocycles. The van der Waals surface area contributed by atoms with Crippen molar-refractivity contribution in [2.45, 2.75) is 50.6 Å². The van der Waals surface area contributed by atoms with Crippen LogP contribution in [0.15, 0.2) is 24.3 Å². The Morgan fingerprint density at radius 3 is 2.65 bits per heavy atom. The molecule has 3 heteroatoms. The van der Waals surface area contributed by atoms with Crippen molar-refractivity contribution in [1.29, 1.82) is 0 Å². The van der Waals surface area contributed by atoms with Crippen LogP contribution >= 0.6 is 22.6 Å². The van der Waals surface area contributed by atoms with Gasteiger partial charge in [-0.15, -0.1) is 0 Å². The molecule has 2 bridgehead atoms. The molecule has 2 fully saturated rings. The molecule has 0 saturated carbocycles. The number of piperidine rings is 1. The summed E-state index contributed by atoms with van der Waals surface area (Å²) in [6, 6.07) is 9.93. The van der Waals surface area contributed by atoms with Crippen molar-refractivity contribution in [2.24, 2.45) is 5.92 Å². The third-order valence-electron chi connectivity index (χ3n) is 5.29. The number of fused-ring (bicyclic) bond motifs is 2. The van der Waals surface area contributed by atoms with Crippen LogP contribution in [-0.2, 0) is 4.79 Å². The van der Waals surface area contributed by atoms with Crippen molar-refractivity contribution in [3.63, 3.8) is 0 Å². The Morgan fingerprint density at radius 1 is 1.30 bits per heavy atom. The minimum Gasteiger partial charge on any atom is -0.300 e. The molecule has 0 amide bonds. The van der Waals surface area contributed by atoms with Gasteiger partial charge in [-0.25, -0.2) is 0 Å². The molecular formula is C17H22INO. The van der Waals surface area contributed by atoms with E-state index in [-0.39, 0.29) is 5.92 Å². The first kappa shape index (κ1) is 14.5. The molecule has 108 valence electrons. The van der Waals surface area contributed by atoms with E-state index >= 15 is 0 Å². The van der Waals surface area contributed by atoms with E-state index in [1.54, 1.807) is 0 Å². The van der Waals surface area contributed by atoms with E-state index in [2.05, 4.69) is 58.8 Å². The summed E-state index contributed by atoms with van der Waals surface area (Å²) in [4.78, 5) is 15.0. The lowest BCUT2D eigenvalue weighted by Gasteiger charge is -2.42. The molecule has 1 unspecified atom stereocenters. The van der Waals surface area contributed by atoms with Crippen molar-refractivity contribution in [2.75, 3.05) is 7.05 Å². The van der Waals surface area contributed by atoms with Gasteiger partial charge in [0.25, 0.3) is 0 Å². The second-order valence-electron chi connectivity index (χ2n) is 6.20. The Morgan fingerprint density at radius 2 is 2.00 bits per heavy atom. The topological polar surface area (TPSA) is 20.3 Å². The molecule has 4 atom stereocenters. The molecule has 2 aliphatic heterocycles. The number of nitrogens with zero attached hydrogens (tertiary/aromatic N) is 1. The van der Waals surface area contributed by atoms with Crippen LogP contribution in [-0.4, -0.2) is 29.8 Å². The maximum atomic E-state index is 12.5. The lowest BCUT2D eigenvalue weighted by atomic mass is 9.73. The van der Waals surface area contributed by atoms with Gasteiger partial charge in [0.05, 0.1) is 0 Å². The number of rotatable bonds is 3. The average molecular weight is 383 g/mol. The van der Waals surface area contributed by atoms with E-state index in [1.807, 2.05) is 6.92 Å². The van der Waals surface area contributed by atoms with Gasteiger partial charge in [-0.2, -0.15) is 0 Å². The van der Waals surface area contributed by atoms with Gasteiger partial charge >= 0.3 is 0 Å². The van der Waals surface area contributed by atoms with Crippen molar-refractivity contribution >= 4 is 28.4 Å². The zero-order valence-electron chi connectivity index (χ0n) is 12.2. The third-order valence-corrected chi connectivity index (χ3v) is 6.01. The van der Waals surface area contributed by atoms with Gasteiger partial charge in [-0.1, -0.05) is 19.1 Å². The van der Waals surface area contributed by atoms with Crippen LogP contribution < -0.4 is 0 Å². The first-order valence-corrected chi connectivity index (χ1v) is 8.69. The molecule has 2 nitrogen and oxygen atoms in total. The molecule has 1 aromatic carbocycles. The molecule has 0 aromatic heterocycles. The van der Waals surface area contributed by atoms with Crippen molar-refractivity contribution in [3.8, 4) is 0 Å². The highest BCUT2D eigenvalue weighted by atomic mass is 127. The van der Waals surface area contributed by atoms with Crippen LogP contribution in [0, 0.1) is 9.49 Å². The van der Waals surface area contributed by atoms with Gasteiger partial charge in [-0.05, 0) is 72.5 Å². The van der Waals surface area contributed by atoms with Crippen LogP contribution in [0.2, 0.25) is 0 Å². The minimum atomic E-state index is 0.198. The molecule has 0 spiro atoms. The number of Topliss-reactive ketones (excluding diaryl/α,β-unsaturated/α-hetero) is 1. The molecule has 3 rings (SSSR count). The Balaban J connectivity index is 1.95. The van der Waals surface area contributed by atoms with Crippen LogP contribution in [0.3, 0.4) is 0 Å². The summed E-state index contributed by atoms with van der Waals surface area (Å²) in [6.07, 6.45) is 4.26. The van der Waals surface area contributed by atoms with Gasteiger partial charge in [0, 0.05) is 28.0 Å². The summed E-state index contributed by atoms with van der Waals surface area (Å²) in [5.74, 6) is 1.07. The van der Waals surface area contributed by atoms with Crippen LogP contribution in [0.1, 0.15) is 44.1 Å². The van der Waals surface area contributed by atoms with Gasteiger partial charge in [0.1, 0.15) is 5.78 Å².